The fourth-order valence-corrected chi connectivity index (χ4v) is 3.41. The summed E-state index contributed by atoms with van der Waals surface area (Å²) in [5.41, 5.74) is 1.89. The predicted molar refractivity (Wildman–Crippen MR) is 80.8 cm³/mol. The van der Waals surface area contributed by atoms with Crippen molar-refractivity contribution in [2.24, 2.45) is 5.92 Å². The van der Waals surface area contributed by atoms with Gasteiger partial charge in [0.1, 0.15) is 12.4 Å². The van der Waals surface area contributed by atoms with Gasteiger partial charge < -0.3 is 4.74 Å². The fraction of sp³-hybridized carbons (Fsp3) is 0.556. The van der Waals surface area contributed by atoms with Crippen LogP contribution in [0.15, 0.2) is 18.2 Å². The van der Waals surface area contributed by atoms with Gasteiger partial charge >= 0.3 is 0 Å². The molecule has 0 amide bonds. The van der Waals surface area contributed by atoms with Crippen LogP contribution in [-0.4, -0.2) is 18.2 Å². The van der Waals surface area contributed by atoms with Gasteiger partial charge in [0.25, 0.3) is 0 Å². The van der Waals surface area contributed by atoms with Crippen molar-refractivity contribution in [2.45, 2.75) is 51.4 Å². The van der Waals surface area contributed by atoms with Gasteiger partial charge in [-0.2, -0.15) is 0 Å². The quantitative estimate of drug-likeness (QED) is 0.847. The van der Waals surface area contributed by atoms with Gasteiger partial charge in [0.2, 0.25) is 0 Å². The summed E-state index contributed by atoms with van der Waals surface area (Å²) in [7, 11) is 0. The van der Waals surface area contributed by atoms with E-state index in [0.717, 1.165) is 49.7 Å². The Hall–Kier alpha value is -1.64. The molecule has 2 aliphatic carbocycles. The minimum Gasteiger partial charge on any atom is -0.486 e. The predicted octanol–water partition coefficient (Wildman–Crippen LogP) is 3.73. The molecule has 112 valence electrons. The van der Waals surface area contributed by atoms with Crippen LogP contribution in [0.25, 0.3) is 0 Å². The van der Waals surface area contributed by atoms with E-state index < -0.39 is 0 Å². The Morgan fingerprint density at radius 3 is 2.71 bits per heavy atom. The third-order valence-corrected chi connectivity index (χ3v) is 4.67. The lowest BCUT2D eigenvalue weighted by Gasteiger charge is -2.20. The Labute approximate surface area is 125 Å². The van der Waals surface area contributed by atoms with Crippen LogP contribution < -0.4 is 4.74 Å². The van der Waals surface area contributed by atoms with E-state index in [1.54, 1.807) is 0 Å². The standard InChI is InChI=1S/C18H22O3/c19-17-8-4-7-14-11-15(9-10-16(14)17)21-12-18(20)13-5-2-1-3-6-13/h9-11,13H,1-8,12H2. The normalized spacial score (nSPS) is 19.1. The molecule has 0 saturated heterocycles. The lowest BCUT2D eigenvalue weighted by atomic mass is 9.86. The molecule has 1 aromatic carbocycles. The average Bonchev–Trinajstić information content (AvgIpc) is 2.53. The van der Waals surface area contributed by atoms with Gasteiger partial charge in [0.15, 0.2) is 11.6 Å². The van der Waals surface area contributed by atoms with E-state index in [9.17, 15) is 9.59 Å². The molecule has 0 spiro atoms. The van der Waals surface area contributed by atoms with Crippen molar-refractivity contribution in [3.63, 3.8) is 0 Å². The number of carbonyl (C=O) groups excluding carboxylic acids is 2. The monoisotopic (exact) mass is 286 g/mol. The van der Waals surface area contributed by atoms with Crippen LogP contribution in [0.3, 0.4) is 0 Å². The number of hydrogen-bond donors (Lipinski definition) is 0. The number of carbonyl (C=O) groups is 2. The molecule has 2 aliphatic rings. The number of Topliss-reactive ketones (excluding diaryl/α,β-unsaturated/α-hetero) is 2. The molecule has 1 fully saturated rings. The highest BCUT2D eigenvalue weighted by Gasteiger charge is 2.22. The summed E-state index contributed by atoms with van der Waals surface area (Å²) >= 11 is 0. The van der Waals surface area contributed by atoms with Crippen LogP contribution >= 0.6 is 0 Å². The molecule has 1 saturated carbocycles. The summed E-state index contributed by atoms with van der Waals surface area (Å²) in [5, 5.41) is 0. The van der Waals surface area contributed by atoms with E-state index >= 15 is 0 Å². The van der Waals surface area contributed by atoms with Gasteiger partial charge in [-0.25, -0.2) is 0 Å². The highest BCUT2D eigenvalue weighted by Crippen LogP contribution is 2.27. The maximum absolute atomic E-state index is 12.1. The van der Waals surface area contributed by atoms with E-state index in [2.05, 4.69) is 0 Å². The second-order valence-corrected chi connectivity index (χ2v) is 6.19. The largest absolute Gasteiger partial charge is 0.486 e. The Balaban J connectivity index is 1.60. The Morgan fingerprint density at radius 2 is 1.90 bits per heavy atom. The molecule has 0 aromatic heterocycles. The van der Waals surface area contributed by atoms with Crippen molar-refractivity contribution in [3.8, 4) is 5.75 Å². The van der Waals surface area contributed by atoms with Crippen molar-refractivity contribution in [1.82, 2.24) is 0 Å². The second-order valence-electron chi connectivity index (χ2n) is 6.19. The van der Waals surface area contributed by atoms with E-state index in [1.807, 2.05) is 18.2 Å². The lowest BCUT2D eigenvalue weighted by Crippen LogP contribution is -2.23. The van der Waals surface area contributed by atoms with Crippen LogP contribution in [0.5, 0.6) is 5.75 Å². The summed E-state index contributed by atoms with van der Waals surface area (Å²) in [5.74, 6) is 1.36. The Bertz CT molecular complexity index is 541. The van der Waals surface area contributed by atoms with Crippen molar-refractivity contribution in [3.05, 3.63) is 29.3 Å². The third kappa shape index (κ3) is 3.34. The molecule has 0 aliphatic heterocycles. The molecular formula is C18H22O3. The molecule has 3 nitrogen and oxygen atoms in total. The average molecular weight is 286 g/mol. The van der Waals surface area contributed by atoms with Crippen LogP contribution in [0.1, 0.15) is 60.9 Å². The number of hydrogen-bond acceptors (Lipinski definition) is 3. The molecule has 0 radical (unpaired) electrons. The molecule has 0 atom stereocenters. The molecule has 21 heavy (non-hydrogen) atoms. The number of fused-ring (bicyclic) bond motifs is 1. The summed E-state index contributed by atoms with van der Waals surface area (Å²) in [6, 6.07) is 5.59. The second kappa shape index (κ2) is 6.42. The van der Waals surface area contributed by atoms with E-state index in [0.29, 0.717) is 12.2 Å². The summed E-state index contributed by atoms with van der Waals surface area (Å²) in [4.78, 5) is 23.9. The minimum atomic E-state index is 0.164. The number of aryl methyl sites for hydroxylation is 1. The molecule has 0 N–H and O–H groups in total. The molecule has 0 unspecified atom stereocenters. The lowest BCUT2D eigenvalue weighted by molar-refractivity contribution is -0.125. The van der Waals surface area contributed by atoms with E-state index in [4.69, 9.17) is 4.74 Å². The third-order valence-electron chi connectivity index (χ3n) is 4.67. The van der Waals surface area contributed by atoms with Crippen LogP contribution in [-0.2, 0) is 11.2 Å². The first-order valence-electron chi connectivity index (χ1n) is 8.05. The van der Waals surface area contributed by atoms with Gasteiger partial charge in [0.05, 0.1) is 0 Å². The van der Waals surface area contributed by atoms with Gasteiger partial charge in [0, 0.05) is 17.9 Å². The zero-order valence-electron chi connectivity index (χ0n) is 12.4. The summed E-state index contributed by atoms with van der Waals surface area (Å²) in [6.07, 6.45) is 8.10. The van der Waals surface area contributed by atoms with Gasteiger partial charge in [-0.15, -0.1) is 0 Å². The molecule has 0 heterocycles. The van der Waals surface area contributed by atoms with Gasteiger partial charge in [-0.3, -0.25) is 9.59 Å². The van der Waals surface area contributed by atoms with Crippen molar-refractivity contribution < 1.29 is 14.3 Å². The number of ether oxygens (including phenoxy) is 1. The van der Waals surface area contributed by atoms with Crippen molar-refractivity contribution in [2.75, 3.05) is 6.61 Å². The summed E-state index contributed by atoms with van der Waals surface area (Å²) in [6.45, 7) is 0.164. The first-order valence-corrected chi connectivity index (χ1v) is 8.05. The fourth-order valence-electron chi connectivity index (χ4n) is 3.41. The molecule has 1 aromatic rings. The topological polar surface area (TPSA) is 43.4 Å². The first kappa shape index (κ1) is 14.3. The molecule has 3 rings (SSSR count). The minimum absolute atomic E-state index is 0.164. The maximum Gasteiger partial charge on any atom is 0.173 e. The van der Waals surface area contributed by atoms with E-state index in [-0.39, 0.29) is 24.1 Å². The SMILES string of the molecule is O=C1CCCc2cc(OCC(=O)C3CCCCC3)ccc21. The smallest absolute Gasteiger partial charge is 0.173 e. The number of ketones is 2. The van der Waals surface area contributed by atoms with Crippen LogP contribution in [0, 0.1) is 5.92 Å². The Kier molecular flexibility index (Phi) is 4.37. The Morgan fingerprint density at radius 1 is 1.10 bits per heavy atom. The highest BCUT2D eigenvalue weighted by molar-refractivity contribution is 5.98. The molecular weight excluding hydrogens is 264 g/mol. The number of benzene rings is 1. The van der Waals surface area contributed by atoms with Crippen LogP contribution in [0.2, 0.25) is 0 Å². The maximum atomic E-state index is 12.1. The van der Waals surface area contributed by atoms with Crippen molar-refractivity contribution in [1.29, 1.82) is 0 Å². The zero-order valence-corrected chi connectivity index (χ0v) is 12.4. The van der Waals surface area contributed by atoms with Gasteiger partial charge in [-0.05, 0) is 49.4 Å². The van der Waals surface area contributed by atoms with Crippen molar-refractivity contribution >= 4 is 11.6 Å². The molecule has 0 bridgehead atoms. The van der Waals surface area contributed by atoms with Crippen LogP contribution in [0.4, 0.5) is 0 Å². The first-order chi connectivity index (χ1) is 10.2. The van der Waals surface area contributed by atoms with E-state index in [1.165, 1.54) is 6.42 Å². The van der Waals surface area contributed by atoms with Gasteiger partial charge in [-0.1, -0.05) is 19.3 Å². The number of rotatable bonds is 4. The summed E-state index contributed by atoms with van der Waals surface area (Å²) < 4.78 is 5.66. The molecule has 3 heteroatoms. The highest BCUT2D eigenvalue weighted by atomic mass is 16.5. The zero-order chi connectivity index (χ0) is 14.7.